The second-order valence-electron chi connectivity index (χ2n) is 4.17. The number of carboxylic acid groups (broad SMARTS) is 1. The normalized spacial score (nSPS) is 15.4. The minimum Gasteiger partial charge on any atom is -0.478 e. The lowest BCUT2D eigenvalue weighted by molar-refractivity contribution is -0.385. The molecule has 7 heteroatoms. The Labute approximate surface area is 103 Å². The molecule has 0 spiro atoms. The molecule has 1 aliphatic rings. The second-order valence-corrected chi connectivity index (χ2v) is 4.17. The summed E-state index contributed by atoms with van der Waals surface area (Å²) in [7, 11) is 0. The largest absolute Gasteiger partial charge is 0.478 e. The summed E-state index contributed by atoms with van der Waals surface area (Å²) >= 11 is 0. The van der Waals surface area contributed by atoms with Crippen LogP contribution in [0.2, 0.25) is 0 Å². The Morgan fingerprint density at radius 2 is 2.06 bits per heavy atom. The first-order valence-corrected chi connectivity index (χ1v) is 5.72. The second kappa shape index (κ2) is 4.99. The highest BCUT2D eigenvalue weighted by Gasteiger charge is 2.22. The Balaban J connectivity index is 2.39. The predicted octanol–water partition coefficient (Wildman–Crippen LogP) is 1.68. The van der Waals surface area contributed by atoms with E-state index in [-0.39, 0.29) is 11.3 Å². The molecular formula is C11H13N3O4. The van der Waals surface area contributed by atoms with Crippen LogP contribution in [0.1, 0.15) is 29.6 Å². The van der Waals surface area contributed by atoms with Crippen molar-refractivity contribution in [1.82, 2.24) is 4.98 Å². The van der Waals surface area contributed by atoms with Gasteiger partial charge in [0, 0.05) is 19.2 Å². The van der Waals surface area contributed by atoms with E-state index in [1.165, 1.54) is 0 Å². The molecule has 1 fully saturated rings. The minimum atomic E-state index is -1.19. The number of aromatic carboxylic acids is 1. The summed E-state index contributed by atoms with van der Waals surface area (Å²) in [5.74, 6) is -0.862. The van der Waals surface area contributed by atoms with E-state index in [9.17, 15) is 14.9 Å². The zero-order valence-corrected chi connectivity index (χ0v) is 9.70. The van der Waals surface area contributed by atoms with Crippen LogP contribution in [0.25, 0.3) is 0 Å². The third kappa shape index (κ3) is 2.39. The van der Waals surface area contributed by atoms with E-state index < -0.39 is 10.9 Å². The summed E-state index contributed by atoms with van der Waals surface area (Å²) in [5.41, 5.74) is -0.403. The summed E-state index contributed by atoms with van der Waals surface area (Å²) in [4.78, 5) is 27.0. The topological polar surface area (TPSA) is 96.6 Å². The van der Waals surface area contributed by atoms with Crippen molar-refractivity contribution in [3.05, 3.63) is 27.9 Å². The van der Waals surface area contributed by atoms with Gasteiger partial charge in [-0.25, -0.2) is 9.78 Å². The number of nitro groups is 1. The maximum absolute atomic E-state index is 11.1. The number of anilines is 1. The molecule has 0 bridgehead atoms. The summed E-state index contributed by atoms with van der Waals surface area (Å²) in [5, 5.41) is 19.7. The van der Waals surface area contributed by atoms with E-state index >= 15 is 0 Å². The summed E-state index contributed by atoms with van der Waals surface area (Å²) in [6.45, 7) is 1.48. The van der Waals surface area contributed by atoms with Crippen LogP contribution in [0.3, 0.4) is 0 Å². The van der Waals surface area contributed by atoms with Crippen molar-refractivity contribution in [2.45, 2.75) is 19.3 Å². The summed E-state index contributed by atoms with van der Waals surface area (Å²) in [6, 6.07) is 1.07. The highest BCUT2D eigenvalue weighted by molar-refractivity contribution is 5.94. The molecule has 0 saturated carbocycles. The van der Waals surface area contributed by atoms with Crippen molar-refractivity contribution in [2.75, 3.05) is 18.0 Å². The fourth-order valence-electron chi connectivity index (χ4n) is 2.06. The van der Waals surface area contributed by atoms with Crippen molar-refractivity contribution in [2.24, 2.45) is 0 Å². The van der Waals surface area contributed by atoms with Gasteiger partial charge in [0.25, 0.3) is 5.69 Å². The van der Waals surface area contributed by atoms with Gasteiger partial charge in [-0.1, -0.05) is 0 Å². The van der Waals surface area contributed by atoms with Gasteiger partial charge in [0.15, 0.2) is 0 Å². The highest BCUT2D eigenvalue weighted by atomic mass is 16.6. The van der Waals surface area contributed by atoms with E-state index in [0.29, 0.717) is 5.82 Å². The number of hydrogen-bond acceptors (Lipinski definition) is 5. The molecule has 2 rings (SSSR count). The van der Waals surface area contributed by atoms with Gasteiger partial charge >= 0.3 is 5.97 Å². The van der Waals surface area contributed by atoms with Crippen LogP contribution >= 0.6 is 0 Å². The van der Waals surface area contributed by atoms with Gasteiger partial charge in [0.1, 0.15) is 17.6 Å². The van der Waals surface area contributed by atoms with Crippen LogP contribution in [0.15, 0.2) is 12.3 Å². The Bertz CT molecular complexity index is 483. The standard InChI is InChI=1S/C11H13N3O4/c15-11(16)9-6-8(14(17)18)7-12-10(9)13-4-2-1-3-5-13/h6-7H,1-5H2,(H,15,16). The molecule has 1 aromatic rings. The number of piperidine rings is 1. The van der Waals surface area contributed by atoms with Gasteiger partial charge in [0.05, 0.1) is 4.92 Å². The number of carbonyl (C=O) groups is 1. The molecule has 0 aromatic carbocycles. The first-order chi connectivity index (χ1) is 8.59. The molecule has 0 atom stereocenters. The van der Waals surface area contributed by atoms with Gasteiger partial charge in [-0.3, -0.25) is 10.1 Å². The van der Waals surface area contributed by atoms with Gasteiger partial charge in [0.2, 0.25) is 0 Å². The van der Waals surface area contributed by atoms with Gasteiger partial charge in [-0.15, -0.1) is 0 Å². The number of rotatable bonds is 3. The van der Waals surface area contributed by atoms with Crippen molar-refractivity contribution < 1.29 is 14.8 Å². The maximum Gasteiger partial charge on any atom is 0.339 e. The van der Waals surface area contributed by atoms with Crippen molar-refractivity contribution >= 4 is 17.5 Å². The number of hydrogen-bond donors (Lipinski definition) is 1. The number of nitrogens with zero attached hydrogens (tertiary/aromatic N) is 3. The van der Waals surface area contributed by atoms with Gasteiger partial charge in [-0.2, -0.15) is 0 Å². The van der Waals surface area contributed by atoms with E-state index in [0.717, 1.165) is 44.6 Å². The molecule has 96 valence electrons. The Hall–Kier alpha value is -2.18. The third-order valence-electron chi connectivity index (χ3n) is 2.95. The lowest BCUT2D eigenvalue weighted by Gasteiger charge is -2.28. The Morgan fingerprint density at radius 3 is 2.61 bits per heavy atom. The van der Waals surface area contributed by atoms with E-state index in [2.05, 4.69) is 4.98 Å². The molecular weight excluding hydrogens is 238 g/mol. The average molecular weight is 251 g/mol. The van der Waals surface area contributed by atoms with Crippen molar-refractivity contribution in [3.8, 4) is 0 Å². The zero-order chi connectivity index (χ0) is 13.1. The zero-order valence-electron chi connectivity index (χ0n) is 9.70. The molecule has 0 aliphatic carbocycles. The van der Waals surface area contributed by atoms with E-state index in [1.54, 1.807) is 0 Å². The van der Waals surface area contributed by atoms with Crippen LogP contribution in [-0.2, 0) is 0 Å². The van der Waals surface area contributed by atoms with Gasteiger partial charge in [-0.05, 0) is 19.3 Å². The van der Waals surface area contributed by atoms with Crippen LogP contribution in [-0.4, -0.2) is 34.1 Å². The Morgan fingerprint density at radius 1 is 1.39 bits per heavy atom. The quantitative estimate of drug-likeness (QED) is 0.648. The fourth-order valence-corrected chi connectivity index (χ4v) is 2.06. The third-order valence-corrected chi connectivity index (χ3v) is 2.95. The molecule has 1 N–H and O–H groups in total. The van der Waals surface area contributed by atoms with E-state index in [4.69, 9.17) is 5.11 Å². The molecule has 0 radical (unpaired) electrons. The lowest BCUT2D eigenvalue weighted by atomic mass is 10.1. The minimum absolute atomic E-state index is 0.105. The summed E-state index contributed by atoms with van der Waals surface area (Å²) < 4.78 is 0. The number of carboxylic acids is 1. The molecule has 1 saturated heterocycles. The summed E-state index contributed by atoms with van der Waals surface area (Å²) in [6.07, 6.45) is 4.19. The monoisotopic (exact) mass is 251 g/mol. The van der Waals surface area contributed by atoms with Crippen molar-refractivity contribution in [1.29, 1.82) is 0 Å². The SMILES string of the molecule is O=C(O)c1cc([N+](=O)[O-])cnc1N1CCCCC1. The highest BCUT2D eigenvalue weighted by Crippen LogP contribution is 2.25. The first kappa shape index (κ1) is 12.3. The van der Waals surface area contributed by atoms with Crippen LogP contribution in [0.4, 0.5) is 11.5 Å². The predicted molar refractivity (Wildman–Crippen MR) is 63.9 cm³/mol. The fraction of sp³-hybridized carbons (Fsp3) is 0.455. The van der Waals surface area contributed by atoms with Gasteiger partial charge < -0.3 is 10.0 Å². The number of aromatic nitrogens is 1. The number of pyridine rings is 1. The molecule has 0 amide bonds. The Kier molecular flexibility index (Phi) is 3.40. The molecule has 18 heavy (non-hydrogen) atoms. The van der Waals surface area contributed by atoms with Crippen LogP contribution in [0.5, 0.6) is 0 Å². The maximum atomic E-state index is 11.1. The van der Waals surface area contributed by atoms with E-state index in [1.807, 2.05) is 4.90 Å². The van der Waals surface area contributed by atoms with Crippen molar-refractivity contribution in [3.63, 3.8) is 0 Å². The smallest absolute Gasteiger partial charge is 0.339 e. The molecule has 2 heterocycles. The molecule has 7 nitrogen and oxygen atoms in total. The average Bonchev–Trinajstić information content (AvgIpc) is 2.39. The van der Waals surface area contributed by atoms with Crippen LogP contribution < -0.4 is 4.90 Å². The molecule has 1 aromatic heterocycles. The first-order valence-electron chi connectivity index (χ1n) is 5.72. The molecule has 0 unspecified atom stereocenters. The van der Waals surface area contributed by atoms with Crippen LogP contribution in [0, 0.1) is 10.1 Å². The molecule has 1 aliphatic heterocycles. The lowest BCUT2D eigenvalue weighted by Crippen LogP contribution is -2.31.